The lowest BCUT2D eigenvalue weighted by Crippen LogP contribution is -2.43. The molecule has 0 radical (unpaired) electrons. The van der Waals surface area contributed by atoms with Gasteiger partial charge in [-0.1, -0.05) is 44.5 Å². The molecule has 2 nitrogen and oxygen atoms in total. The van der Waals surface area contributed by atoms with E-state index in [2.05, 4.69) is 62.7 Å². The first kappa shape index (κ1) is 14.5. The van der Waals surface area contributed by atoms with Gasteiger partial charge in [0.25, 0.3) is 0 Å². The van der Waals surface area contributed by atoms with Crippen molar-refractivity contribution in [3.63, 3.8) is 0 Å². The molecule has 19 heavy (non-hydrogen) atoms. The van der Waals surface area contributed by atoms with Crippen LogP contribution in [0.2, 0.25) is 0 Å². The molecule has 0 N–H and O–H groups in total. The first-order valence-electron chi connectivity index (χ1n) is 7.36. The SMILES string of the molecule is Cc1cc(CN2CCN(C)CC2)cc(C(C)(C)C)c1. The Morgan fingerprint density at radius 3 is 2.21 bits per heavy atom. The lowest BCUT2D eigenvalue weighted by molar-refractivity contribution is 0.148. The van der Waals surface area contributed by atoms with E-state index in [0.29, 0.717) is 0 Å². The second-order valence-corrected chi connectivity index (χ2v) is 7.04. The molecule has 1 fully saturated rings. The van der Waals surface area contributed by atoms with E-state index in [1.807, 2.05) is 0 Å². The van der Waals surface area contributed by atoms with Gasteiger partial charge in [0.2, 0.25) is 0 Å². The molecular weight excluding hydrogens is 232 g/mol. The number of hydrogen-bond donors (Lipinski definition) is 0. The largest absolute Gasteiger partial charge is 0.304 e. The number of aryl methyl sites for hydroxylation is 1. The van der Waals surface area contributed by atoms with E-state index < -0.39 is 0 Å². The third kappa shape index (κ3) is 4.05. The minimum Gasteiger partial charge on any atom is -0.304 e. The molecule has 2 rings (SSSR count). The Hall–Kier alpha value is -0.860. The summed E-state index contributed by atoms with van der Waals surface area (Å²) < 4.78 is 0. The molecule has 1 aliphatic heterocycles. The summed E-state index contributed by atoms with van der Waals surface area (Å²) in [7, 11) is 2.21. The minimum atomic E-state index is 0.239. The Morgan fingerprint density at radius 1 is 1.00 bits per heavy atom. The van der Waals surface area contributed by atoms with Crippen molar-refractivity contribution in [2.24, 2.45) is 0 Å². The van der Waals surface area contributed by atoms with Crippen LogP contribution in [0.3, 0.4) is 0 Å². The lowest BCUT2D eigenvalue weighted by Gasteiger charge is -2.32. The number of benzene rings is 1. The van der Waals surface area contributed by atoms with Gasteiger partial charge in [-0.15, -0.1) is 0 Å². The third-order valence-electron chi connectivity index (χ3n) is 4.01. The highest BCUT2D eigenvalue weighted by Gasteiger charge is 2.17. The molecule has 1 aromatic carbocycles. The van der Waals surface area contributed by atoms with Gasteiger partial charge in [0.1, 0.15) is 0 Å². The van der Waals surface area contributed by atoms with Gasteiger partial charge in [0, 0.05) is 32.7 Å². The molecule has 1 aliphatic rings. The van der Waals surface area contributed by atoms with Gasteiger partial charge >= 0.3 is 0 Å². The van der Waals surface area contributed by atoms with Crippen LogP contribution in [0.1, 0.15) is 37.5 Å². The molecule has 0 unspecified atom stereocenters. The van der Waals surface area contributed by atoms with Crippen LogP contribution in [-0.2, 0) is 12.0 Å². The summed E-state index contributed by atoms with van der Waals surface area (Å²) in [6.07, 6.45) is 0. The van der Waals surface area contributed by atoms with Crippen LogP contribution in [0.5, 0.6) is 0 Å². The molecule has 106 valence electrons. The van der Waals surface area contributed by atoms with E-state index in [1.54, 1.807) is 0 Å². The average Bonchev–Trinajstić information content (AvgIpc) is 2.30. The van der Waals surface area contributed by atoms with E-state index in [0.717, 1.165) is 6.54 Å². The first-order chi connectivity index (χ1) is 8.84. The summed E-state index contributed by atoms with van der Waals surface area (Å²) in [6.45, 7) is 15.0. The number of hydrogen-bond acceptors (Lipinski definition) is 2. The molecule has 0 saturated carbocycles. The van der Waals surface area contributed by atoms with E-state index in [9.17, 15) is 0 Å². The minimum absolute atomic E-state index is 0.239. The molecule has 2 heteroatoms. The Bertz CT molecular complexity index is 423. The predicted octanol–water partition coefficient (Wildman–Crippen LogP) is 3.04. The van der Waals surface area contributed by atoms with Crippen molar-refractivity contribution in [2.45, 2.75) is 39.7 Å². The maximum atomic E-state index is 2.57. The molecule has 0 atom stereocenters. The van der Waals surface area contributed by atoms with E-state index in [4.69, 9.17) is 0 Å². The Labute approximate surface area is 118 Å². The quantitative estimate of drug-likeness (QED) is 0.806. The molecule has 0 amide bonds. The molecule has 0 bridgehead atoms. The summed E-state index contributed by atoms with van der Waals surface area (Å²) in [5.41, 5.74) is 4.55. The second-order valence-electron chi connectivity index (χ2n) is 7.04. The maximum absolute atomic E-state index is 2.57. The fourth-order valence-electron chi connectivity index (χ4n) is 2.65. The van der Waals surface area contributed by atoms with Crippen LogP contribution < -0.4 is 0 Å². The fraction of sp³-hybridized carbons (Fsp3) is 0.647. The maximum Gasteiger partial charge on any atom is 0.0235 e. The van der Waals surface area contributed by atoms with Crippen molar-refractivity contribution in [2.75, 3.05) is 33.2 Å². The van der Waals surface area contributed by atoms with Crippen molar-refractivity contribution < 1.29 is 0 Å². The van der Waals surface area contributed by atoms with Crippen molar-refractivity contribution in [1.29, 1.82) is 0 Å². The van der Waals surface area contributed by atoms with Crippen LogP contribution in [0, 0.1) is 6.92 Å². The van der Waals surface area contributed by atoms with Crippen molar-refractivity contribution >= 4 is 0 Å². The van der Waals surface area contributed by atoms with Crippen molar-refractivity contribution in [3.8, 4) is 0 Å². The highest BCUT2D eigenvalue weighted by Crippen LogP contribution is 2.25. The van der Waals surface area contributed by atoms with Crippen LogP contribution in [0.4, 0.5) is 0 Å². The lowest BCUT2D eigenvalue weighted by atomic mass is 9.85. The van der Waals surface area contributed by atoms with Gasteiger partial charge < -0.3 is 4.90 Å². The molecule has 1 heterocycles. The van der Waals surface area contributed by atoms with Crippen LogP contribution in [0.25, 0.3) is 0 Å². The van der Waals surface area contributed by atoms with Crippen molar-refractivity contribution in [3.05, 3.63) is 34.9 Å². The number of piperazine rings is 1. The summed E-state index contributed by atoms with van der Waals surface area (Å²) in [5.74, 6) is 0. The average molecular weight is 260 g/mol. The van der Waals surface area contributed by atoms with Gasteiger partial charge in [0.05, 0.1) is 0 Å². The summed E-state index contributed by atoms with van der Waals surface area (Å²) in [6, 6.07) is 7.06. The Balaban J connectivity index is 2.10. The number of likely N-dealkylation sites (N-methyl/N-ethyl adjacent to an activating group) is 1. The van der Waals surface area contributed by atoms with Crippen LogP contribution in [0.15, 0.2) is 18.2 Å². The second kappa shape index (κ2) is 5.64. The molecule has 0 spiro atoms. The highest BCUT2D eigenvalue weighted by atomic mass is 15.2. The van der Waals surface area contributed by atoms with E-state index >= 15 is 0 Å². The standard InChI is InChI=1S/C17H28N2/c1-14-10-15(12-16(11-14)17(2,3)4)13-19-8-6-18(5)7-9-19/h10-12H,6-9,13H2,1-5H3. The van der Waals surface area contributed by atoms with Crippen LogP contribution in [-0.4, -0.2) is 43.0 Å². The van der Waals surface area contributed by atoms with Gasteiger partial charge in [0.15, 0.2) is 0 Å². The molecule has 1 saturated heterocycles. The fourth-order valence-corrected chi connectivity index (χ4v) is 2.65. The Morgan fingerprint density at radius 2 is 1.63 bits per heavy atom. The first-order valence-corrected chi connectivity index (χ1v) is 7.36. The van der Waals surface area contributed by atoms with Gasteiger partial charge in [-0.05, 0) is 30.5 Å². The molecule has 0 aromatic heterocycles. The number of rotatable bonds is 2. The monoisotopic (exact) mass is 260 g/mol. The molecule has 1 aromatic rings. The summed E-state index contributed by atoms with van der Waals surface area (Å²) in [5, 5.41) is 0. The van der Waals surface area contributed by atoms with Gasteiger partial charge in [-0.2, -0.15) is 0 Å². The zero-order chi connectivity index (χ0) is 14.0. The Kier molecular flexibility index (Phi) is 4.32. The number of nitrogens with zero attached hydrogens (tertiary/aromatic N) is 2. The summed E-state index contributed by atoms with van der Waals surface area (Å²) in [4.78, 5) is 4.98. The summed E-state index contributed by atoms with van der Waals surface area (Å²) >= 11 is 0. The zero-order valence-corrected chi connectivity index (χ0v) is 13.2. The van der Waals surface area contributed by atoms with Gasteiger partial charge in [-0.25, -0.2) is 0 Å². The highest BCUT2D eigenvalue weighted by molar-refractivity contribution is 5.33. The molecule has 0 aliphatic carbocycles. The third-order valence-corrected chi connectivity index (χ3v) is 4.01. The molecular formula is C17H28N2. The van der Waals surface area contributed by atoms with Gasteiger partial charge in [-0.3, -0.25) is 4.90 Å². The van der Waals surface area contributed by atoms with E-state index in [-0.39, 0.29) is 5.41 Å². The van der Waals surface area contributed by atoms with Crippen molar-refractivity contribution in [1.82, 2.24) is 9.80 Å². The normalized spacial score (nSPS) is 18.8. The van der Waals surface area contributed by atoms with E-state index in [1.165, 1.54) is 42.9 Å². The topological polar surface area (TPSA) is 6.48 Å². The smallest absolute Gasteiger partial charge is 0.0235 e. The predicted molar refractivity (Wildman–Crippen MR) is 82.7 cm³/mol. The van der Waals surface area contributed by atoms with Crippen LogP contribution >= 0.6 is 0 Å². The zero-order valence-electron chi connectivity index (χ0n) is 13.2.